The lowest BCUT2D eigenvalue weighted by atomic mass is 10.2. The van der Waals surface area contributed by atoms with Crippen molar-refractivity contribution in [2.75, 3.05) is 24.9 Å². The van der Waals surface area contributed by atoms with Crippen molar-refractivity contribution in [1.29, 1.82) is 0 Å². The van der Waals surface area contributed by atoms with Gasteiger partial charge in [0.05, 0.1) is 31.2 Å². The molecule has 2 aromatic carbocycles. The van der Waals surface area contributed by atoms with Crippen molar-refractivity contribution in [3.8, 4) is 11.5 Å². The van der Waals surface area contributed by atoms with Crippen LogP contribution in [0.25, 0.3) is 0 Å². The summed E-state index contributed by atoms with van der Waals surface area (Å²) in [5.41, 5.74) is 1.85. The van der Waals surface area contributed by atoms with Gasteiger partial charge in [-0.3, -0.25) is 9.78 Å². The molecule has 0 aliphatic heterocycles. The van der Waals surface area contributed by atoms with Crippen LogP contribution in [0.15, 0.2) is 79.1 Å². The van der Waals surface area contributed by atoms with E-state index in [2.05, 4.69) is 20.7 Å². The summed E-state index contributed by atoms with van der Waals surface area (Å²) in [4.78, 5) is 17.2. The van der Waals surface area contributed by atoms with E-state index >= 15 is 0 Å². The Morgan fingerprint density at radius 1 is 0.871 bits per heavy atom. The molecule has 2 aromatic heterocycles. The molecule has 0 bridgehead atoms. The van der Waals surface area contributed by atoms with E-state index in [1.165, 1.54) is 10.9 Å². The molecule has 0 amide bonds. The van der Waals surface area contributed by atoms with Crippen molar-refractivity contribution in [2.45, 2.75) is 0 Å². The molecule has 31 heavy (non-hydrogen) atoms. The van der Waals surface area contributed by atoms with Gasteiger partial charge in [-0.1, -0.05) is 24.3 Å². The fraction of sp³-hybridized carbons (Fsp3) is 0.0870. The molecule has 0 saturated carbocycles. The number of ether oxygens (including phenoxy) is 2. The number of para-hydroxylation sites is 4. The van der Waals surface area contributed by atoms with Gasteiger partial charge >= 0.3 is 0 Å². The van der Waals surface area contributed by atoms with Crippen molar-refractivity contribution in [1.82, 2.24) is 14.8 Å². The number of carbonyl (C=O) groups is 1. The van der Waals surface area contributed by atoms with Gasteiger partial charge in [0, 0.05) is 18.5 Å². The number of carbonyl (C=O) groups excluding carboxylic acids is 1. The summed E-state index contributed by atoms with van der Waals surface area (Å²) in [6, 6.07) is 20.1. The zero-order valence-corrected chi connectivity index (χ0v) is 17.1. The molecule has 0 spiro atoms. The number of rotatable bonds is 7. The Morgan fingerprint density at radius 2 is 1.52 bits per heavy atom. The SMILES string of the molecule is COc1ccccc1Nc1cc(Nc2ccccc2OC)n(C(=O)c2cccnc2)n1. The first-order chi connectivity index (χ1) is 15.2. The highest BCUT2D eigenvalue weighted by Crippen LogP contribution is 2.31. The number of nitrogens with zero attached hydrogens (tertiary/aromatic N) is 3. The summed E-state index contributed by atoms with van der Waals surface area (Å²) >= 11 is 0. The Labute approximate surface area is 179 Å². The van der Waals surface area contributed by atoms with E-state index in [1.54, 1.807) is 38.6 Å². The normalized spacial score (nSPS) is 10.4. The Bertz CT molecular complexity index is 1190. The third-order valence-electron chi connectivity index (χ3n) is 4.55. The molecule has 0 fully saturated rings. The van der Waals surface area contributed by atoms with Gasteiger partial charge in [-0.25, -0.2) is 0 Å². The van der Waals surface area contributed by atoms with E-state index in [0.29, 0.717) is 34.4 Å². The van der Waals surface area contributed by atoms with Crippen LogP contribution in [0.1, 0.15) is 10.4 Å². The highest BCUT2D eigenvalue weighted by molar-refractivity contribution is 5.97. The topological polar surface area (TPSA) is 90.3 Å². The lowest BCUT2D eigenvalue weighted by Gasteiger charge is -2.11. The highest BCUT2D eigenvalue weighted by atomic mass is 16.5. The van der Waals surface area contributed by atoms with E-state index in [0.717, 1.165) is 5.69 Å². The summed E-state index contributed by atoms with van der Waals surface area (Å²) in [5.74, 6) is 1.92. The molecular weight excluding hydrogens is 394 g/mol. The number of anilines is 4. The molecule has 0 radical (unpaired) electrons. The number of hydrogen-bond donors (Lipinski definition) is 2. The average molecular weight is 415 g/mol. The molecule has 4 aromatic rings. The van der Waals surface area contributed by atoms with E-state index in [4.69, 9.17) is 9.47 Å². The van der Waals surface area contributed by atoms with Gasteiger partial charge in [0.25, 0.3) is 5.91 Å². The predicted molar refractivity (Wildman–Crippen MR) is 119 cm³/mol. The van der Waals surface area contributed by atoms with Crippen LogP contribution in [0.5, 0.6) is 11.5 Å². The van der Waals surface area contributed by atoms with Crippen molar-refractivity contribution >= 4 is 28.9 Å². The van der Waals surface area contributed by atoms with Gasteiger partial charge < -0.3 is 20.1 Å². The molecule has 0 aliphatic rings. The summed E-state index contributed by atoms with van der Waals surface area (Å²) in [6.45, 7) is 0. The monoisotopic (exact) mass is 415 g/mol. The minimum absolute atomic E-state index is 0.321. The second kappa shape index (κ2) is 9.00. The standard InChI is InChI=1S/C23H21N5O3/c1-30-19-11-5-3-9-17(19)25-21-14-22(26-18-10-4-6-12-20(18)31-2)28(27-21)23(29)16-8-7-13-24-15-16/h3-15,26H,1-2H3,(H,25,27). The minimum atomic E-state index is -0.321. The summed E-state index contributed by atoms with van der Waals surface area (Å²) in [6.07, 6.45) is 3.12. The van der Waals surface area contributed by atoms with Crippen LogP contribution in [0.2, 0.25) is 0 Å². The van der Waals surface area contributed by atoms with Crippen molar-refractivity contribution in [2.24, 2.45) is 0 Å². The highest BCUT2D eigenvalue weighted by Gasteiger charge is 2.18. The number of pyridine rings is 1. The summed E-state index contributed by atoms with van der Waals surface area (Å²) in [5, 5.41) is 10.9. The van der Waals surface area contributed by atoms with Crippen LogP contribution >= 0.6 is 0 Å². The number of methoxy groups -OCH3 is 2. The fourth-order valence-electron chi connectivity index (χ4n) is 3.07. The maximum absolute atomic E-state index is 13.1. The van der Waals surface area contributed by atoms with Crippen LogP contribution in [0.4, 0.5) is 23.0 Å². The first kappa shape index (κ1) is 20.0. The minimum Gasteiger partial charge on any atom is -0.495 e. The zero-order valence-electron chi connectivity index (χ0n) is 17.1. The largest absolute Gasteiger partial charge is 0.495 e. The molecular formula is C23H21N5O3. The van der Waals surface area contributed by atoms with Crippen molar-refractivity contribution in [3.05, 3.63) is 84.7 Å². The van der Waals surface area contributed by atoms with Crippen molar-refractivity contribution < 1.29 is 14.3 Å². The van der Waals surface area contributed by atoms with Gasteiger partial charge in [0.1, 0.15) is 17.3 Å². The van der Waals surface area contributed by atoms with Crippen LogP contribution in [-0.4, -0.2) is 34.9 Å². The Morgan fingerprint density at radius 3 is 2.13 bits per heavy atom. The van der Waals surface area contributed by atoms with Crippen LogP contribution in [0, 0.1) is 0 Å². The van der Waals surface area contributed by atoms with Gasteiger partial charge in [0.15, 0.2) is 5.82 Å². The summed E-state index contributed by atoms with van der Waals surface area (Å²) in [7, 11) is 3.19. The number of aromatic nitrogens is 3. The van der Waals surface area contributed by atoms with Gasteiger partial charge in [-0.15, -0.1) is 5.10 Å². The molecule has 0 unspecified atom stereocenters. The smallest absolute Gasteiger partial charge is 0.281 e. The summed E-state index contributed by atoms with van der Waals surface area (Å²) < 4.78 is 12.1. The molecule has 0 saturated heterocycles. The Kier molecular flexibility index (Phi) is 5.79. The molecule has 0 atom stereocenters. The lowest BCUT2D eigenvalue weighted by molar-refractivity contribution is 0.0948. The molecule has 156 valence electrons. The third kappa shape index (κ3) is 4.32. The van der Waals surface area contributed by atoms with Crippen LogP contribution in [-0.2, 0) is 0 Å². The predicted octanol–water partition coefficient (Wildman–Crippen LogP) is 4.47. The van der Waals surface area contributed by atoms with Crippen LogP contribution < -0.4 is 20.1 Å². The third-order valence-corrected chi connectivity index (χ3v) is 4.55. The number of benzene rings is 2. The molecule has 8 heteroatoms. The van der Waals surface area contributed by atoms with Gasteiger partial charge in [-0.05, 0) is 36.4 Å². The van der Waals surface area contributed by atoms with E-state index in [1.807, 2.05) is 48.5 Å². The second-order valence-corrected chi connectivity index (χ2v) is 6.52. The first-order valence-corrected chi connectivity index (χ1v) is 9.54. The maximum Gasteiger partial charge on any atom is 0.281 e. The van der Waals surface area contributed by atoms with E-state index in [-0.39, 0.29) is 5.91 Å². The van der Waals surface area contributed by atoms with E-state index in [9.17, 15) is 4.79 Å². The maximum atomic E-state index is 13.1. The fourth-order valence-corrected chi connectivity index (χ4v) is 3.07. The Balaban J connectivity index is 1.73. The Hall–Kier alpha value is -4.33. The van der Waals surface area contributed by atoms with Gasteiger partial charge in [0.2, 0.25) is 0 Å². The molecule has 2 heterocycles. The quantitative estimate of drug-likeness (QED) is 0.460. The number of hydrogen-bond acceptors (Lipinski definition) is 7. The van der Waals surface area contributed by atoms with Gasteiger partial charge in [-0.2, -0.15) is 4.68 Å². The zero-order chi connectivity index (χ0) is 21.6. The molecule has 4 rings (SSSR count). The molecule has 0 aliphatic carbocycles. The van der Waals surface area contributed by atoms with E-state index < -0.39 is 0 Å². The first-order valence-electron chi connectivity index (χ1n) is 9.54. The average Bonchev–Trinajstić information content (AvgIpc) is 3.21. The van der Waals surface area contributed by atoms with Crippen LogP contribution in [0.3, 0.4) is 0 Å². The lowest BCUT2D eigenvalue weighted by Crippen LogP contribution is -2.16. The number of nitrogens with one attached hydrogen (secondary N) is 2. The van der Waals surface area contributed by atoms with Crippen molar-refractivity contribution in [3.63, 3.8) is 0 Å². The molecule has 8 nitrogen and oxygen atoms in total. The molecule has 2 N–H and O–H groups in total. The second-order valence-electron chi connectivity index (χ2n) is 6.52.